The Morgan fingerprint density at radius 1 is 1.40 bits per heavy atom. The zero-order valence-electron chi connectivity index (χ0n) is 11.4. The van der Waals surface area contributed by atoms with E-state index in [9.17, 15) is 5.11 Å². The van der Waals surface area contributed by atoms with Crippen LogP contribution in [0.1, 0.15) is 20.3 Å². The first-order valence-electron chi connectivity index (χ1n) is 6.69. The van der Waals surface area contributed by atoms with Crippen molar-refractivity contribution in [2.45, 2.75) is 44.3 Å². The monoisotopic (exact) mass is 391 g/mol. The van der Waals surface area contributed by atoms with Gasteiger partial charge in [0.25, 0.3) is 0 Å². The molecule has 1 saturated heterocycles. The molecule has 7 heteroatoms. The summed E-state index contributed by atoms with van der Waals surface area (Å²) in [6, 6.07) is 1.98. The van der Waals surface area contributed by atoms with E-state index in [1.54, 1.807) is 0 Å². The highest BCUT2D eigenvalue weighted by Gasteiger charge is 2.53. The van der Waals surface area contributed by atoms with Gasteiger partial charge >= 0.3 is 0 Å². The smallest absolute Gasteiger partial charge is 0.163 e. The minimum Gasteiger partial charge on any atom is -0.396 e. The van der Waals surface area contributed by atoms with Crippen LogP contribution in [0.4, 0.5) is 5.82 Å². The lowest BCUT2D eigenvalue weighted by Gasteiger charge is -2.23. The Hall–Kier alpha value is -0.510. The van der Waals surface area contributed by atoms with E-state index < -0.39 is 5.79 Å². The summed E-state index contributed by atoms with van der Waals surface area (Å²) in [6.07, 6.45) is 2.22. The molecule has 0 spiro atoms. The Balaban J connectivity index is 1.77. The van der Waals surface area contributed by atoms with E-state index in [1.807, 2.05) is 19.9 Å². The summed E-state index contributed by atoms with van der Waals surface area (Å²) >= 11 is 2.15. The molecule has 0 radical (unpaired) electrons. The van der Waals surface area contributed by atoms with E-state index in [1.165, 1.54) is 6.33 Å². The van der Waals surface area contributed by atoms with Crippen molar-refractivity contribution in [3.05, 3.63) is 16.1 Å². The summed E-state index contributed by atoms with van der Waals surface area (Å²) in [5.41, 5.74) is 0. The van der Waals surface area contributed by atoms with Crippen LogP contribution in [-0.4, -0.2) is 45.7 Å². The normalized spacial score (nSPS) is 35.0. The second-order valence-corrected chi connectivity index (χ2v) is 6.83. The van der Waals surface area contributed by atoms with Crippen LogP contribution in [0.5, 0.6) is 0 Å². The van der Waals surface area contributed by atoms with Gasteiger partial charge in [0, 0.05) is 18.6 Å². The minimum atomic E-state index is -0.594. The van der Waals surface area contributed by atoms with Gasteiger partial charge in [0.15, 0.2) is 5.79 Å². The van der Waals surface area contributed by atoms with Crippen LogP contribution in [0.3, 0.4) is 0 Å². The Kier molecular flexibility index (Phi) is 3.87. The number of ether oxygens (including phenoxy) is 2. The third kappa shape index (κ3) is 2.76. The van der Waals surface area contributed by atoms with Gasteiger partial charge in [0.1, 0.15) is 21.9 Å². The molecule has 3 rings (SSSR count). The number of hydrogen-bond acceptors (Lipinski definition) is 6. The van der Waals surface area contributed by atoms with Crippen LogP contribution in [-0.2, 0) is 9.47 Å². The molecule has 0 bridgehead atoms. The summed E-state index contributed by atoms with van der Waals surface area (Å²) in [7, 11) is 0. The third-order valence-corrected chi connectivity index (χ3v) is 4.37. The molecule has 0 amide bonds. The number of aliphatic hydroxyl groups is 1. The third-order valence-electron chi connectivity index (χ3n) is 3.78. The van der Waals surface area contributed by atoms with Crippen molar-refractivity contribution in [2.75, 3.05) is 11.9 Å². The molecule has 1 aromatic rings. The molecule has 0 unspecified atom stereocenters. The van der Waals surface area contributed by atoms with Gasteiger partial charge in [0.2, 0.25) is 0 Å². The number of nitrogens with one attached hydrogen (secondary N) is 1. The lowest BCUT2D eigenvalue weighted by Crippen LogP contribution is -2.34. The first-order valence-corrected chi connectivity index (χ1v) is 7.77. The number of halogens is 1. The van der Waals surface area contributed by atoms with Crippen molar-refractivity contribution in [2.24, 2.45) is 5.92 Å². The maximum atomic E-state index is 9.52. The van der Waals surface area contributed by atoms with Crippen molar-refractivity contribution < 1.29 is 14.6 Å². The molecular weight excluding hydrogens is 373 g/mol. The maximum absolute atomic E-state index is 9.52. The Bertz CT molecular complexity index is 500. The number of hydrogen-bond donors (Lipinski definition) is 2. The van der Waals surface area contributed by atoms with Gasteiger partial charge in [0.05, 0.1) is 12.1 Å². The first-order chi connectivity index (χ1) is 9.48. The van der Waals surface area contributed by atoms with Crippen LogP contribution < -0.4 is 5.32 Å². The van der Waals surface area contributed by atoms with Crippen molar-refractivity contribution in [3.63, 3.8) is 0 Å². The van der Waals surface area contributed by atoms with E-state index in [4.69, 9.17) is 9.47 Å². The van der Waals surface area contributed by atoms with Gasteiger partial charge in [-0.25, -0.2) is 9.97 Å². The van der Waals surface area contributed by atoms with Gasteiger partial charge in [-0.1, -0.05) is 0 Å². The molecule has 1 aliphatic heterocycles. The summed E-state index contributed by atoms with van der Waals surface area (Å²) < 4.78 is 12.8. The van der Waals surface area contributed by atoms with E-state index in [0.717, 1.165) is 15.9 Å². The number of rotatable bonds is 3. The Morgan fingerprint density at radius 2 is 2.15 bits per heavy atom. The van der Waals surface area contributed by atoms with Crippen LogP contribution in [0, 0.1) is 9.62 Å². The number of anilines is 1. The fourth-order valence-corrected chi connectivity index (χ4v) is 3.43. The fraction of sp³-hybridized carbons (Fsp3) is 0.692. The molecule has 2 aliphatic rings. The summed E-state index contributed by atoms with van der Waals surface area (Å²) in [4.78, 5) is 8.29. The van der Waals surface area contributed by atoms with Crippen LogP contribution in [0.2, 0.25) is 0 Å². The van der Waals surface area contributed by atoms with Gasteiger partial charge in [-0.05, 0) is 42.9 Å². The maximum Gasteiger partial charge on any atom is 0.163 e. The highest BCUT2D eigenvalue weighted by atomic mass is 127. The van der Waals surface area contributed by atoms with Gasteiger partial charge in [-0.3, -0.25) is 0 Å². The SMILES string of the molecule is CC1(C)O[C@@H]2[C@@H](CO)C[C@H](Nc3cc(I)ncn3)[C@@H]2O1. The molecule has 110 valence electrons. The molecule has 2 heterocycles. The molecule has 2 fully saturated rings. The minimum absolute atomic E-state index is 0.0604. The largest absolute Gasteiger partial charge is 0.396 e. The average molecular weight is 391 g/mol. The number of aromatic nitrogens is 2. The highest BCUT2D eigenvalue weighted by Crippen LogP contribution is 2.42. The Labute approximate surface area is 131 Å². The molecular formula is C13H18IN3O3. The van der Waals surface area contributed by atoms with Crippen molar-refractivity contribution in [1.82, 2.24) is 9.97 Å². The topological polar surface area (TPSA) is 76.5 Å². The molecule has 4 atom stereocenters. The van der Waals surface area contributed by atoms with E-state index >= 15 is 0 Å². The fourth-order valence-electron chi connectivity index (χ4n) is 3.01. The van der Waals surface area contributed by atoms with Crippen LogP contribution >= 0.6 is 22.6 Å². The van der Waals surface area contributed by atoms with Crippen molar-refractivity contribution >= 4 is 28.4 Å². The van der Waals surface area contributed by atoms with E-state index in [0.29, 0.717) is 0 Å². The molecule has 6 nitrogen and oxygen atoms in total. The summed E-state index contributed by atoms with van der Waals surface area (Å²) in [5.74, 6) is 0.281. The average Bonchev–Trinajstić information content (AvgIpc) is 2.84. The molecule has 1 saturated carbocycles. The van der Waals surface area contributed by atoms with E-state index in [2.05, 4.69) is 37.9 Å². The number of nitrogens with zero attached hydrogens (tertiary/aromatic N) is 2. The van der Waals surface area contributed by atoms with Crippen LogP contribution in [0.25, 0.3) is 0 Å². The number of fused-ring (bicyclic) bond motifs is 1. The predicted molar refractivity (Wildman–Crippen MR) is 81.2 cm³/mol. The zero-order chi connectivity index (χ0) is 14.3. The lowest BCUT2D eigenvalue weighted by molar-refractivity contribution is -0.158. The standard InChI is InChI=1S/C13H18IN3O3/c1-13(2)19-11-7(5-18)3-8(12(11)20-13)17-10-4-9(14)15-6-16-10/h4,6-8,11-12,18H,3,5H2,1-2H3,(H,15,16,17)/t7-,8+,11-,12+/m1/s1. The summed E-state index contributed by atoms with van der Waals surface area (Å²) in [5, 5.41) is 12.9. The van der Waals surface area contributed by atoms with E-state index in [-0.39, 0.29) is 30.8 Å². The van der Waals surface area contributed by atoms with Crippen molar-refractivity contribution in [1.29, 1.82) is 0 Å². The number of aliphatic hydroxyl groups excluding tert-OH is 1. The van der Waals surface area contributed by atoms with Gasteiger partial charge in [-0.15, -0.1) is 0 Å². The molecule has 1 aliphatic carbocycles. The van der Waals surface area contributed by atoms with Gasteiger partial charge < -0.3 is 19.9 Å². The lowest BCUT2D eigenvalue weighted by atomic mass is 10.1. The Morgan fingerprint density at radius 3 is 2.85 bits per heavy atom. The quantitative estimate of drug-likeness (QED) is 0.599. The van der Waals surface area contributed by atoms with Crippen LogP contribution in [0.15, 0.2) is 12.4 Å². The van der Waals surface area contributed by atoms with Gasteiger partial charge in [-0.2, -0.15) is 0 Å². The zero-order valence-corrected chi connectivity index (χ0v) is 13.6. The molecule has 1 aromatic heterocycles. The predicted octanol–water partition coefficient (Wildman–Crippen LogP) is 1.39. The summed E-state index contributed by atoms with van der Waals surface area (Å²) in [6.45, 7) is 3.93. The molecule has 0 aromatic carbocycles. The van der Waals surface area contributed by atoms with Crippen molar-refractivity contribution in [3.8, 4) is 0 Å². The molecule has 2 N–H and O–H groups in total. The first kappa shape index (κ1) is 14.4. The molecule has 20 heavy (non-hydrogen) atoms. The highest BCUT2D eigenvalue weighted by molar-refractivity contribution is 14.1. The second-order valence-electron chi connectivity index (χ2n) is 5.72. The second kappa shape index (κ2) is 5.36.